The minimum absolute atomic E-state index is 0.00820. The molecule has 0 radical (unpaired) electrons. The molecule has 0 saturated heterocycles. The number of fused-ring (bicyclic) bond motifs is 1. The van der Waals surface area contributed by atoms with E-state index in [0.29, 0.717) is 28.1 Å². The number of ether oxygens (including phenoxy) is 1. The number of carbonyl (C=O) groups excluding carboxylic acids is 5. The Bertz CT molecular complexity index is 1350. The Morgan fingerprint density at radius 2 is 1.53 bits per heavy atom. The number of primary amides is 1. The summed E-state index contributed by atoms with van der Waals surface area (Å²) >= 11 is 0. The Morgan fingerprint density at radius 3 is 2.11 bits per heavy atom. The Labute approximate surface area is 206 Å². The molecule has 3 aromatic carbocycles. The van der Waals surface area contributed by atoms with Crippen LogP contribution < -0.4 is 21.1 Å². The standard InChI is InChI=1S/C26H22N4O6/c1-36-21-11-6-15(14-30-25(34)18-4-2-3-5-19(18)26(30)35)12-20(21)24(33)29-17-9-7-16(8-10-17)23(32)28-13-22(27)31/h2-12H,13-14H2,1H3,(H2,27,31)(H,28,32)(H,29,33). The van der Waals surface area contributed by atoms with E-state index in [1.54, 1.807) is 42.5 Å². The Kier molecular flexibility index (Phi) is 6.77. The third kappa shape index (κ3) is 4.92. The predicted octanol–water partition coefficient (Wildman–Crippen LogP) is 1.96. The molecule has 0 bridgehead atoms. The van der Waals surface area contributed by atoms with Crippen LogP contribution in [-0.4, -0.2) is 48.1 Å². The lowest BCUT2D eigenvalue weighted by Gasteiger charge is -2.16. The number of anilines is 1. The van der Waals surface area contributed by atoms with Crippen LogP contribution in [-0.2, 0) is 11.3 Å². The van der Waals surface area contributed by atoms with Crippen LogP contribution in [0.4, 0.5) is 5.69 Å². The maximum atomic E-state index is 13.0. The lowest BCUT2D eigenvalue weighted by molar-refractivity contribution is -0.117. The topological polar surface area (TPSA) is 148 Å². The molecule has 1 heterocycles. The molecular weight excluding hydrogens is 464 g/mol. The summed E-state index contributed by atoms with van der Waals surface area (Å²) in [6, 6.07) is 17.5. The van der Waals surface area contributed by atoms with Crippen molar-refractivity contribution in [1.82, 2.24) is 10.2 Å². The van der Waals surface area contributed by atoms with Gasteiger partial charge in [0.2, 0.25) is 5.91 Å². The van der Waals surface area contributed by atoms with E-state index >= 15 is 0 Å². The highest BCUT2D eigenvalue weighted by Crippen LogP contribution is 2.27. The second-order valence-corrected chi connectivity index (χ2v) is 7.96. The molecule has 10 heteroatoms. The number of nitrogens with zero attached hydrogens (tertiary/aromatic N) is 1. The predicted molar refractivity (Wildman–Crippen MR) is 130 cm³/mol. The first-order valence-electron chi connectivity index (χ1n) is 10.9. The highest BCUT2D eigenvalue weighted by Gasteiger charge is 2.35. The number of nitrogens with one attached hydrogen (secondary N) is 2. The third-order valence-corrected chi connectivity index (χ3v) is 5.56. The second-order valence-electron chi connectivity index (χ2n) is 7.96. The van der Waals surface area contributed by atoms with Crippen LogP contribution in [0.15, 0.2) is 66.7 Å². The summed E-state index contributed by atoms with van der Waals surface area (Å²) in [6.07, 6.45) is 0. The van der Waals surface area contributed by atoms with Crippen LogP contribution in [0.2, 0.25) is 0 Å². The van der Waals surface area contributed by atoms with Crippen molar-refractivity contribution in [2.45, 2.75) is 6.54 Å². The lowest BCUT2D eigenvalue weighted by atomic mass is 10.1. The van der Waals surface area contributed by atoms with Gasteiger partial charge >= 0.3 is 0 Å². The zero-order valence-electron chi connectivity index (χ0n) is 19.2. The molecule has 0 spiro atoms. The normalized spacial score (nSPS) is 12.2. The molecule has 36 heavy (non-hydrogen) atoms. The van der Waals surface area contributed by atoms with Gasteiger partial charge in [-0.2, -0.15) is 0 Å². The fourth-order valence-corrected chi connectivity index (χ4v) is 3.77. The highest BCUT2D eigenvalue weighted by molar-refractivity contribution is 6.21. The third-order valence-electron chi connectivity index (χ3n) is 5.56. The molecule has 0 unspecified atom stereocenters. The van der Waals surface area contributed by atoms with E-state index in [1.807, 2.05) is 0 Å². The van der Waals surface area contributed by atoms with Gasteiger partial charge in [-0.1, -0.05) is 18.2 Å². The zero-order valence-corrected chi connectivity index (χ0v) is 19.2. The van der Waals surface area contributed by atoms with E-state index in [-0.39, 0.29) is 24.2 Å². The number of methoxy groups -OCH3 is 1. The minimum atomic E-state index is -0.661. The summed E-state index contributed by atoms with van der Waals surface area (Å²) in [6.45, 7) is -0.292. The summed E-state index contributed by atoms with van der Waals surface area (Å²) in [4.78, 5) is 62.4. The molecule has 0 aromatic heterocycles. The lowest BCUT2D eigenvalue weighted by Crippen LogP contribution is -2.33. The van der Waals surface area contributed by atoms with Gasteiger partial charge in [-0.05, 0) is 54.1 Å². The van der Waals surface area contributed by atoms with Crippen molar-refractivity contribution in [3.8, 4) is 5.75 Å². The molecule has 1 aliphatic heterocycles. The van der Waals surface area contributed by atoms with Crippen molar-refractivity contribution in [3.63, 3.8) is 0 Å². The summed E-state index contributed by atoms with van der Waals surface area (Å²) in [7, 11) is 1.43. The minimum Gasteiger partial charge on any atom is -0.496 e. The number of carbonyl (C=O) groups is 5. The largest absolute Gasteiger partial charge is 0.496 e. The number of benzene rings is 3. The molecule has 3 aromatic rings. The first-order chi connectivity index (χ1) is 17.3. The van der Waals surface area contributed by atoms with Crippen LogP contribution in [0.3, 0.4) is 0 Å². The molecule has 4 rings (SSSR count). The van der Waals surface area contributed by atoms with Gasteiger partial charge in [0, 0.05) is 11.3 Å². The average Bonchev–Trinajstić information content (AvgIpc) is 3.12. The van der Waals surface area contributed by atoms with Gasteiger partial charge in [0.1, 0.15) is 5.75 Å². The molecule has 4 N–H and O–H groups in total. The zero-order chi connectivity index (χ0) is 25.8. The quantitative estimate of drug-likeness (QED) is 0.415. The van der Waals surface area contributed by atoms with Crippen molar-refractivity contribution in [2.75, 3.05) is 19.0 Å². The van der Waals surface area contributed by atoms with Crippen LogP contribution in [0.5, 0.6) is 5.75 Å². The van der Waals surface area contributed by atoms with Crippen LogP contribution in [0, 0.1) is 0 Å². The average molecular weight is 486 g/mol. The van der Waals surface area contributed by atoms with Crippen LogP contribution in [0.1, 0.15) is 47.0 Å². The van der Waals surface area contributed by atoms with Crippen molar-refractivity contribution in [2.24, 2.45) is 5.73 Å². The van der Waals surface area contributed by atoms with Crippen LogP contribution >= 0.6 is 0 Å². The molecule has 182 valence electrons. The Hall–Kier alpha value is -4.99. The van der Waals surface area contributed by atoms with Gasteiger partial charge in [0.15, 0.2) is 0 Å². The fraction of sp³-hybridized carbons (Fsp3) is 0.115. The van der Waals surface area contributed by atoms with Gasteiger partial charge in [0.25, 0.3) is 23.6 Å². The van der Waals surface area contributed by atoms with Crippen molar-refractivity contribution < 1.29 is 28.7 Å². The number of nitrogens with two attached hydrogens (primary N) is 1. The van der Waals surface area contributed by atoms with E-state index in [9.17, 15) is 24.0 Å². The van der Waals surface area contributed by atoms with E-state index in [0.717, 1.165) is 4.90 Å². The van der Waals surface area contributed by atoms with Gasteiger partial charge in [-0.3, -0.25) is 28.9 Å². The molecule has 0 atom stereocenters. The summed E-state index contributed by atoms with van der Waals surface area (Å²) < 4.78 is 5.32. The number of hydrogen-bond acceptors (Lipinski definition) is 6. The summed E-state index contributed by atoms with van der Waals surface area (Å²) in [5, 5.41) is 5.11. The van der Waals surface area contributed by atoms with Crippen molar-refractivity contribution >= 4 is 35.2 Å². The van der Waals surface area contributed by atoms with Crippen LogP contribution in [0.25, 0.3) is 0 Å². The Morgan fingerprint density at radius 1 is 0.889 bits per heavy atom. The SMILES string of the molecule is COc1ccc(CN2C(=O)c3ccccc3C2=O)cc1C(=O)Nc1ccc(C(=O)NCC(N)=O)cc1. The Balaban J connectivity index is 1.49. The molecule has 0 saturated carbocycles. The first-order valence-corrected chi connectivity index (χ1v) is 10.9. The van der Waals surface area contributed by atoms with Crippen molar-refractivity contribution in [1.29, 1.82) is 0 Å². The van der Waals surface area contributed by atoms with Gasteiger partial charge in [0.05, 0.1) is 36.9 Å². The molecule has 5 amide bonds. The number of amides is 5. The molecule has 10 nitrogen and oxygen atoms in total. The summed E-state index contributed by atoms with van der Waals surface area (Å²) in [5.74, 6) is -2.10. The summed E-state index contributed by atoms with van der Waals surface area (Å²) in [5.41, 5.74) is 7.19. The first kappa shape index (κ1) is 24.1. The maximum Gasteiger partial charge on any atom is 0.261 e. The fourth-order valence-electron chi connectivity index (χ4n) is 3.77. The monoisotopic (exact) mass is 486 g/mol. The van der Waals surface area contributed by atoms with E-state index in [2.05, 4.69) is 10.6 Å². The van der Waals surface area contributed by atoms with E-state index in [1.165, 1.54) is 31.4 Å². The van der Waals surface area contributed by atoms with Gasteiger partial charge in [-0.25, -0.2) is 0 Å². The van der Waals surface area contributed by atoms with Crippen molar-refractivity contribution in [3.05, 3.63) is 94.5 Å². The molecule has 1 aliphatic rings. The van der Waals surface area contributed by atoms with Gasteiger partial charge < -0.3 is 21.1 Å². The smallest absolute Gasteiger partial charge is 0.261 e. The maximum absolute atomic E-state index is 13.0. The number of hydrogen-bond donors (Lipinski definition) is 3. The molecular formula is C26H22N4O6. The second kappa shape index (κ2) is 10.1. The molecule has 0 aliphatic carbocycles. The van der Waals surface area contributed by atoms with E-state index in [4.69, 9.17) is 10.5 Å². The number of rotatable bonds is 8. The van der Waals surface area contributed by atoms with E-state index < -0.39 is 29.5 Å². The molecule has 0 fully saturated rings. The highest BCUT2D eigenvalue weighted by atomic mass is 16.5. The van der Waals surface area contributed by atoms with Gasteiger partial charge in [-0.15, -0.1) is 0 Å². The number of imide groups is 1.